The Morgan fingerprint density at radius 3 is 2.58 bits per heavy atom. The summed E-state index contributed by atoms with van der Waals surface area (Å²) in [5.74, 6) is 0. The van der Waals surface area contributed by atoms with E-state index in [4.69, 9.17) is 16.9 Å². The molecule has 0 radical (unpaired) electrons. The molecule has 12 heavy (non-hydrogen) atoms. The van der Waals surface area contributed by atoms with Crippen LogP contribution in [0, 0.1) is 11.3 Å². The molecule has 0 amide bonds. The number of rotatable bonds is 4. The molecule has 0 N–H and O–H groups in total. The monoisotopic (exact) mass is 186 g/mol. The second-order valence-corrected chi connectivity index (χ2v) is 3.33. The molecule has 0 aromatic rings. The zero-order valence-electron chi connectivity index (χ0n) is 7.84. The topological polar surface area (TPSA) is 27.0 Å². The molecule has 0 spiro atoms. The fourth-order valence-electron chi connectivity index (χ4n) is 0.867. The van der Waals surface area contributed by atoms with Gasteiger partial charge in [-0.1, -0.05) is 11.6 Å². The number of nitriles is 1. The first-order valence-electron chi connectivity index (χ1n) is 3.98. The zero-order valence-corrected chi connectivity index (χ0v) is 8.60. The van der Waals surface area contributed by atoms with Gasteiger partial charge >= 0.3 is 0 Å². The minimum Gasteiger partial charge on any atom is -0.284 e. The summed E-state index contributed by atoms with van der Waals surface area (Å²) >= 11 is 5.53. The molecule has 0 aliphatic rings. The largest absolute Gasteiger partial charge is 0.284 e. The van der Waals surface area contributed by atoms with E-state index in [-0.39, 0.29) is 0 Å². The highest BCUT2D eigenvalue weighted by atomic mass is 35.5. The zero-order chi connectivity index (χ0) is 9.56. The predicted molar refractivity (Wildman–Crippen MR) is 51.9 cm³/mol. The lowest BCUT2D eigenvalue weighted by atomic mass is 10.2. The first-order chi connectivity index (χ1) is 5.61. The average molecular weight is 187 g/mol. The van der Waals surface area contributed by atoms with E-state index in [0.717, 1.165) is 12.1 Å². The molecule has 0 saturated heterocycles. The third-order valence-corrected chi connectivity index (χ3v) is 2.02. The van der Waals surface area contributed by atoms with Crippen LogP contribution in [0.25, 0.3) is 0 Å². The number of hydrogen-bond donors (Lipinski definition) is 0. The maximum Gasteiger partial charge on any atom is 0.0870 e. The molecule has 0 atom stereocenters. The van der Waals surface area contributed by atoms with E-state index in [1.54, 1.807) is 5.54 Å². The normalized spacial score (nSPS) is 12.2. The van der Waals surface area contributed by atoms with Crippen molar-refractivity contribution in [1.29, 1.82) is 5.26 Å². The van der Waals surface area contributed by atoms with Crippen molar-refractivity contribution in [2.24, 2.45) is 0 Å². The predicted octanol–water partition coefficient (Wildman–Crippen LogP) is 2.36. The van der Waals surface area contributed by atoms with Gasteiger partial charge in [0, 0.05) is 18.1 Å². The molecule has 0 rings (SSSR count). The summed E-state index contributed by atoms with van der Waals surface area (Å²) in [4.78, 5) is 2.06. The smallest absolute Gasteiger partial charge is 0.0870 e. The quantitative estimate of drug-likeness (QED) is 0.631. The summed E-state index contributed by atoms with van der Waals surface area (Å²) in [5, 5.41) is 8.53. The third-order valence-electron chi connectivity index (χ3n) is 1.64. The molecule has 3 heteroatoms. The molecule has 0 heterocycles. The second-order valence-electron chi connectivity index (χ2n) is 3.11. The lowest BCUT2D eigenvalue weighted by Crippen LogP contribution is -2.32. The van der Waals surface area contributed by atoms with E-state index in [9.17, 15) is 0 Å². The summed E-state index contributed by atoms with van der Waals surface area (Å²) < 4.78 is 0. The van der Waals surface area contributed by atoms with Crippen molar-refractivity contribution in [3.05, 3.63) is 11.1 Å². The van der Waals surface area contributed by atoms with Crippen LogP contribution in [0.2, 0.25) is 0 Å². The second kappa shape index (κ2) is 6.05. The van der Waals surface area contributed by atoms with Crippen molar-refractivity contribution in [2.45, 2.75) is 26.8 Å². The summed E-state index contributed by atoms with van der Waals surface area (Å²) in [6.07, 6.45) is 0. The molecule has 68 valence electrons. The molecule has 2 nitrogen and oxygen atoms in total. The van der Waals surface area contributed by atoms with Crippen LogP contribution in [-0.2, 0) is 0 Å². The van der Waals surface area contributed by atoms with Crippen LogP contribution in [0.3, 0.4) is 0 Å². The van der Waals surface area contributed by atoms with Crippen molar-refractivity contribution in [3.8, 4) is 6.07 Å². The Morgan fingerprint density at radius 1 is 1.67 bits per heavy atom. The summed E-state index contributed by atoms with van der Waals surface area (Å²) in [6, 6.07) is 2.52. The standard InChI is InChI=1S/C9H15ClN2/c1-8(2)12(5-4-11)7-9(3)6-10/h6,8H,5,7H2,1-3H3. The minimum absolute atomic E-state index is 0.385. The van der Waals surface area contributed by atoms with Crippen LogP contribution in [0.15, 0.2) is 11.1 Å². The van der Waals surface area contributed by atoms with Crippen LogP contribution in [0.4, 0.5) is 0 Å². The van der Waals surface area contributed by atoms with Crippen LogP contribution >= 0.6 is 11.6 Å². The number of nitrogens with zero attached hydrogens (tertiary/aromatic N) is 2. The Morgan fingerprint density at radius 2 is 2.25 bits per heavy atom. The lowest BCUT2D eigenvalue weighted by molar-refractivity contribution is 0.270. The highest BCUT2D eigenvalue weighted by Crippen LogP contribution is 2.03. The van der Waals surface area contributed by atoms with Crippen LogP contribution in [-0.4, -0.2) is 24.0 Å². The highest BCUT2D eigenvalue weighted by Gasteiger charge is 2.08. The molecule has 0 unspecified atom stereocenters. The van der Waals surface area contributed by atoms with Gasteiger partial charge in [0.05, 0.1) is 12.6 Å². The van der Waals surface area contributed by atoms with E-state index < -0.39 is 0 Å². The Labute approximate surface area is 79.4 Å². The molecule has 0 aromatic heterocycles. The van der Waals surface area contributed by atoms with Crippen molar-refractivity contribution in [2.75, 3.05) is 13.1 Å². The summed E-state index contributed by atoms with van der Waals surface area (Å²) in [5.41, 5.74) is 2.65. The fourth-order valence-corrected chi connectivity index (χ4v) is 0.936. The molecule has 0 aromatic carbocycles. The molecule has 0 fully saturated rings. The van der Waals surface area contributed by atoms with Gasteiger partial charge in [0.25, 0.3) is 0 Å². The summed E-state index contributed by atoms with van der Waals surface area (Å²) in [6.45, 7) is 7.33. The maximum atomic E-state index is 8.53. The Kier molecular flexibility index (Phi) is 5.79. The van der Waals surface area contributed by atoms with Gasteiger partial charge in [-0.25, -0.2) is 0 Å². The van der Waals surface area contributed by atoms with E-state index >= 15 is 0 Å². The van der Waals surface area contributed by atoms with Crippen molar-refractivity contribution >= 4 is 11.6 Å². The molecule has 0 saturated carbocycles. The van der Waals surface area contributed by atoms with Gasteiger partial charge < -0.3 is 0 Å². The molecule has 0 bridgehead atoms. The third kappa shape index (κ3) is 4.38. The molecule has 0 aliphatic carbocycles. The van der Waals surface area contributed by atoms with Gasteiger partial charge in [-0.2, -0.15) is 5.26 Å². The van der Waals surface area contributed by atoms with E-state index in [1.807, 2.05) is 6.92 Å². The van der Waals surface area contributed by atoms with E-state index in [0.29, 0.717) is 12.6 Å². The average Bonchev–Trinajstić information content (AvgIpc) is 2.03. The van der Waals surface area contributed by atoms with Gasteiger partial charge in [-0.15, -0.1) is 0 Å². The Bertz CT molecular complexity index is 191. The first-order valence-corrected chi connectivity index (χ1v) is 4.42. The van der Waals surface area contributed by atoms with Crippen LogP contribution < -0.4 is 0 Å². The van der Waals surface area contributed by atoms with Crippen molar-refractivity contribution in [1.82, 2.24) is 4.90 Å². The Hall–Kier alpha value is -0.520. The number of hydrogen-bond acceptors (Lipinski definition) is 2. The Balaban J connectivity index is 4.06. The van der Waals surface area contributed by atoms with Gasteiger partial charge in [0.1, 0.15) is 0 Å². The van der Waals surface area contributed by atoms with Gasteiger partial charge in [0.15, 0.2) is 0 Å². The molecular weight excluding hydrogens is 172 g/mol. The van der Waals surface area contributed by atoms with E-state index in [1.165, 1.54) is 0 Å². The highest BCUT2D eigenvalue weighted by molar-refractivity contribution is 6.25. The number of halogens is 1. The SMILES string of the molecule is CC(=CCl)CN(CC#N)C(C)C. The lowest BCUT2D eigenvalue weighted by Gasteiger charge is -2.23. The molecule has 0 aliphatic heterocycles. The van der Waals surface area contributed by atoms with Crippen molar-refractivity contribution in [3.63, 3.8) is 0 Å². The van der Waals surface area contributed by atoms with Gasteiger partial charge in [-0.05, 0) is 26.3 Å². The minimum atomic E-state index is 0.385. The van der Waals surface area contributed by atoms with Crippen LogP contribution in [0.5, 0.6) is 0 Å². The molecular formula is C9H15ClN2. The van der Waals surface area contributed by atoms with Crippen LogP contribution in [0.1, 0.15) is 20.8 Å². The fraction of sp³-hybridized carbons (Fsp3) is 0.667. The first kappa shape index (κ1) is 11.5. The van der Waals surface area contributed by atoms with Gasteiger partial charge in [0.2, 0.25) is 0 Å². The van der Waals surface area contributed by atoms with E-state index in [2.05, 4.69) is 24.8 Å². The van der Waals surface area contributed by atoms with Crippen molar-refractivity contribution < 1.29 is 0 Å². The van der Waals surface area contributed by atoms with Gasteiger partial charge in [-0.3, -0.25) is 4.90 Å². The maximum absolute atomic E-state index is 8.53. The summed E-state index contributed by atoms with van der Waals surface area (Å²) in [7, 11) is 0.